The van der Waals surface area contributed by atoms with E-state index in [-0.39, 0.29) is 31.8 Å². The van der Waals surface area contributed by atoms with Gasteiger partial charge in [0.15, 0.2) is 6.61 Å². The van der Waals surface area contributed by atoms with Gasteiger partial charge in [-0.2, -0.15) is 0 Å². The van der Waals surface area contributed by atoms with Crippen molar-refractivity contribution in [2.24, 2.45) is 0 Å². The number of rotatable bonds is 9. The van der Waals surface area contributed by atoms with Crippen molar-refractivity contribution < 1.29 is 19.4 Å². The maximum Gasteiger partial charge on any atom is 0.258 e. The zero-order valence-corrected chi connectivity index (χ0v) is 14.7. The smallest absolute Gasteiger partial charge is 0.258 e. The first kappa shape index (κ1) is 19.0. The summed E-state index contributed by atoms with van der Waals surface area (Å²) in [5, 5.41) is 11.8. The largest absolute Gasteiger partial charge is 0.484 e. The normalized spacial score (nSPS) is 11.8. The zero-order chi connectivity index (χ0) is 18.1. The van der Waals surface area contributed by atoms with Crippen molar-refractivity contribution in [1.82, 2.24) is 5.32 Å². The summed E-state index contributed by atoms with van der Waals surface area (Å²) in [7, 11) is 0. The van der Waals surface area contributed by atoms with Crippen molar-refractivity contribution in [1.29, 1.82) is 0 Å². The van der Waals surface area contributed by atoms with E-state index in [4.69, 9.17) is 14.6 Å². The molecular weight excluding hydrogens is 318 g/mol. The van der Waals surface area contributed by atoms with Crippen molar-refractivity contribution in [3.8, 4) is 5.75 Å². The molecule has 0 spiro atoms. The molecule has 0 radical (unpaired) electrons. The number of carbonyl (C=O) groups excluding carboxylic acids is 1. The Kier molecular flexibility index (Phi) is 7.44. The zero-order valence-electron chi connectivity index (χ0n) is 14.7. The topological polar surface area (TPSA) is 67.8 Å². The number of nitrogens with one attached hydrogen (secondary N) is 1. The molecule has 5 heteroatoms. The van der Waals surface area contributed by atoms with Gasteiger partial charge in [0.25, 0.3) is 5.91 Å². The number of amides is 1. The lowest BCUT2D eigenvalue weighted by Crippen LogP contribution is -2.33. The van der Waals surface area contributed by atoms with E-state index in [1.807, 2.05) is 62.4 Å². The lowest BCUT2D eigenvalue weighted by atomic mass is 10.1. The van der Waals surface area contributed by atoms with E-state index in [2.05, 4.69) is 5.32 Å². The molecule has 5 nitrogen and oxygen atoms in total. The summed E-state index contributed by atoms with van der Waals surface area (Å²) in [6, 6.07) is 15.5. The van der Waals surface area contributed by atoms with Crippen LogP contribution in [0.5, 0.6) is 5.75 Å². The second kappa shape index (κ2) is 9.81. The summed E-state index contributed by atoms with van der Waals surface area (Å²) < 4.78 is 11.2. The van der Waals surface area contributed by atoms with Crippen LogP contribution in [0, 0.1) is 13.8 Å². The lowest BCUT2D eigenvalue weighted by molar-refractivity contribution is -0.123. The maximum atomic E-state index is 12.1. The standard InChI is InChI=1S/C20H25NO4/c1-15-7-9-17(10-8-15)19(24-12-11-22)13-21-20(23)14-25-18-6-4-3-5-16(18)2/h3-10,19,22H,11-14H2,1-2H3,(H,21,23). The van der Waals surface area contributed by atoms with Gasteiger partial charge in [0, 0.05) is 6.54 Å². The molecule has 25 heavy (non-hydrogen) atoms. The fourth-order valence-electron chi connectivity index (χ4n) is 2.37. The van der Waals surface area contributed by atoms with Crippen LogP contribution in [0.1, 0.15) is 22.8 Å². The Morgan fingerprint density at radius 3 is 2.52 bits per heavy atom. The molecule has 134 valence electrons. The molecule has 2 aromatic carbocycles. The first-order valence-electron chi connectivity index (χ1n) is 8.34. The minimum atomic E-state index is -0.310. The van der Waals surface area contributed by atoms with Crippen LogP contribution in [0.3, 0.4) is 0 Å². The summed E-state index contributed by atoms with van der Waals surface area (Å²) in [5.74, 6) is 0.484. The van der Waals surface area contributed by atoms with Crippen molar-refractivity contribution in [2.75, 3.05) is 26.4 Å². The molecule has 0 aliphatic heterocycles. The Morgan fingerprint density at radius 2 is 1.84 bits per heavy atom. The first-order chi connectivity index (χ1) is 12.1. The van der Waals surface area contributed by atoms with Gasteiger partial charge < -0.3 is 19.9 Å². The number of aliphatic hydroxyl groups excluding tert-OH is 1. The molecule has 0 aromatic heterocycles. The van der Waals surface area contributed by atoms with Gasteiger partial charge in [0.05, 0.1) is 19.3 Å². The summed E-state index contributed by atoms with van der Waals surface area (Å²) in [4.78, 5) is 12.1. The van der Waals surface area contributed by atoms with Crippen molar-refractivity contribution in [3.05, 3.63) is 65.2 Å². The maximum absolute atomic E-state index is 12.1. The van der Waals surface area contributed by atoms with E-state index in [0.29, 0.717) is 12.3 Å². The number of aryl methyl sites for hydroxylation is 2. The van der Waals surface area contributed by atoms with Crippen LogP contribution in [0.4, 0.5) is 0 Å². The van der Waals surface area contributed by atoms with E-state index < -0.39 is 0 Å². The molecule has 0 saturated carbocycles. The van der Waals surface area contributed by atoms with Gasteiger partial charge >= 0.3 is 0 Å². The molecule has 1 unspecified atom stereocenters. The molecule has 2 N–H and O–H groups in total. The summed E-state index contributed by atoms with van der Waals surface area (Å²) >= 11 is 0. The molecule has 2 rings (SSSR count). The summed E-state index contributed by atoms with van der Waals surface area (Å²) in [5.41, 5.74) is 3.10. The average molecular weight is 343 g/mol. The fourth-order valence-corrected chi connectivity index (χ4v) is 2.37. The number of benzene rings is 2. The lowest BCUT2D eigenvalue weighted by Gasteiger charge is -2.19. The second-order valence-electron chi connectivity index (χ2n) is 5.85. The van der Waals surface area contributed by atoms with Gasteiger partial charge in [0.1, 0.15) is 5.75 Å². The molecule has 1 atom stereocenters. The Hall–Kier alpha value is -2.37. The minimum absolute atomic E-state index is 0.0501. The summed E-state index contributed by atoms with van der Waals surface area (Å²) in [6.07, 6.45) is -0.310. The highest BCUT2D eigenvalue weighted by Gasteiger charge is 2.14. The molecule has 1 amide bonds. The minimum Gasteiger partial charge on any atom is -0.484 e. The predicted molar refractivity (Wildman–Crippen MR) is 96.6 cm³/mol. The van der Waals surface area contributed by atoms with E-state index >= 15 is 0 Å². The van der Waals surface area contributed by atoms with Crippen LogP contribution in [-0.4, -0.2) is 37.4 Å². The molecule has 0 saturated heterocycles. The second-order valence-corrected chi connectivity index (χ2v) is 5.85. The number of carbonyl (C=O) groups is 1. The molecule has 0 bridgehead atoms. The fraction of sp³-hybridized carbons (Fsp3) is 0.350. The van der Waals surface area contributed by atoms with E-state index in [1.54, 1.807) is 0 Å². The van der Waals surface area contributed by atoms with Gasteiger partial charge in [-0.3, -0.25) is 4.79 Å². The highest BCUT2D eigenvalue weighted by Crippen LogP contribution is 2.18. The van der Waals surface area contributed by atoms with Gasteiger partial charge in [-0.1, -0.05) is 48.0 Å². The average Bonchev–Trinajstić information content (AvgIpc) is 2.62. The number of ether oxygens (including phenoxy) is 2. The van der Waals surface area contributed by atoms with Crippen LogP contribution in [0.2, 0.25) is 0 Å². The third-order valence-corrected chi connectivity index (χ3v) is 3.80. The van der Waals surface area contributed by atoms with Crippen molar-refractivity contribution >= 4 is 5.91 Å². The Morgan fingerprint density at radius 1 is 1.12 bits per heavy atom. The summed E-state index contributed by atoms with van der Waals surface area (Å²) in [6.45, 7) is 4.37. The van der Waals surface area contributed by atoms with Gasteiger partial charge in [-0.15, -0.1) is 0 Å². The Labute approximate surface area is 148 Å². The van der Waals surface area contributed by atoms with Crippen LogP contribution in [0.25, 0.3) is 0 Å². The molecule has 2 aromatic rings. The molecule has 0 aliphatic carbocycles. The van der Waals surface area contributed by atoms with Crippen molar-refractivity contribution in [3.63, 3.8) is 0 Å². The van der Waals surface area contributed by atoms with Crippen molar-refractivity contribution in [2.45, 2.75) is 20.0 Å². The first-order valence-corrected chi connectivity index (χ1v) is 8.34. The number of hydrogen-bond acceptors (Lipinski definition) is 4. The number of para-hydroxylation sites is 1. The van der Waals surface area contributed by atoms with Crippen LogP contribution < -0.4 is 10.1 Å². The molecule has 0 fully saturated rings. The third-order valence-electron chi connectivity index (χ3n) is 3.80. The van der Waals surface area contributed by atoms with Crippen LogP contribution in [-0.2, 0) is 9.53 Å². The van der Waals surface area contributed by atoms with Crippen LogP contribution in [0.15, 0.2) is 48.5 Å². The number of aliphatic hydroxyl groups is 1. The highest BCUT2D eigenvalue weighted by molar-refractivity contribution is 5.77. The third kappa shape index (κ3) is 6.21. The van der Waals surface area contributed by atoms with E-state index in [1.165, 1.54) is 0 Å². The molecule has 0 aliphatic rings. The van der Waals surface area contributed by atoms with Gasteiger partial charge in [-0.25, -0.2) is 0 Å². The predicted octanol–water partition coefficient (Wildman–Crippen LogP) is 2.55. The van der Waals surface area contributed by atoms with E-state index in [9.17, 15) is 4.79 Å². The van der Waals surface area contributed by atoms with Crippen LogP contribution >= 0.6 is 0 Å². The van der Waals surface area contributed by atoms with Gasteiger partial charge in [-0.05, 0) is 31.0 Å². The molecular formula is C20H25NO4. The van der Waals surface area contributed by atoms with Gasteiger partial charge in [0.2, 0.25) is 0 Å². The Balaban J connectivity index is 1.87. The highest BCUT2D eigenvalue weighted by atomic mass is 16.5. The quantitative estimate of drug-likeness (QED) is 0.734. The molecule has 0 heterocycles. The monoisotopic (exact) mass is 343 g/mol. The Bertz CT molecular complexity index is 670. The number of hydrogen-bond donors (Lipinski definition) is 2. The SMILES string of the molecule is Cc1ccc(C(CNC(=O)COc2ccccc2C)OCCO)cc1. The van der Waals surface area contributed by atoms with E-state index in [0.717, 1.165) is 16.7 Å².